The molecule has 0 amide bonds. The third-order valence-electron chi connectivity index (χ3n) is 2.44. The van der Waals surface area contributed by atoms with Gasteiger partial charge in [0, 0.05) is 32.8 Å². The van der Waals surface area contributed by atoms with Crippen molar-refractivity contribution in [2.24, 2.45) is 0 Å². The predicted molar refractivity (Wildman–Crippen MR) is 58.9 cm³/mol. The van der Waals surface area contributed by atoms with Gasteiger partial charge in [0.05, 0.1) is 12.7 Å². The number of hydrogen-bond donors (Lipinski definition) is 0. The first-order valence-electron chi connectivity index (χ1n) is 5.83. The minimum absolute atomic E-state index is 0.0923. The van der Waals surface area contributed by atoms with E-state index in [4.69, 9.17) is 14.2 Å². The molecule has 1 fully saturated rings. The van der Waals surface area contributed by atoms with Crippen molar-refractivity contribution >= 4 is 0 Å². The molecule has 1 aliphatic heterocycles. The monoisotopic (exact) mass is 217 g/mol. The van der Waals surface area contributed by atoms with Crippen LogP contribution in [0.15, 0.2) is 0 Å². The summed E-state index contributed by atoms with van der Waals surface area (Å²) in [5, 5.41) is 0. The van der Waals surface area contributed by atoms with Gasteiger partial charge in [0.15, 0.2) is 6.29 Å². The van der Waals surface area contributed by atoms with Gasteiger partial charge in [0.25, 0.3) is 0 Å². The Labute approximate surface area is 92.5 Å². The highest BCUT2D eigenvalue weighted by molar-refractivity contribution is 4.69. The van der Waals surface area contributed by atoms with Crippen LogP contribution in [0.3, 0.4) is 0 Å². The fourth-order valence-electron chi connectivity index (χ4n) is 1.79. The van der Waals surface area contributed by atoms with Crippen molar-refractivity contribution in [2.75, 3.05) is 39.5 Å². The first-order chi connectivity index (χ1) is 7.26. The maximum Gasteiger partial charge on any atom is 0.170 e. The van der Waals surface area contributed by atoms with E-state index in [1.54, 1.807) is 0 Å². The zero-order valence-electron chi connectivity index (χ0n) is 10.1. The van der Waals surface area contributed by atoms with Gasteiger partial charge in [-0.25, -0.2) is 0 Å². The van der Waals surface area contributed by atoms with E-state index in [9.17, 15) is 0 Å². The number of ether oxygens (including phenoxy) is 3. The lowest BCUT2D eigenvalue weighted by molar-refractivity contribution is -0.155. The molecule has 0 aromatic rings. The topological polar surface area (TPSA) is 30.9 Å². The lowest BCUT2D eigenvalue weighted by Gasteiger charge is -2.33. The van der Waals surface area contributed by atoms with Crippen molar-refractivity contribution in [1.82, 2.24) is 4.90 Å². The molecule has 4 nitrogen and oxygen atoms in total. The van der Waals surface area contributed by atoms with E-state index in [2.05, 4.69) is 11.8 Å². The van der Waals surface area contributed by atoms with E-state index in [0.29, 0.717) is 19.3 Å². The molecule has 1 saturated heterocycles. The Morgan fingerprint density at radius 3 is 2.53 bits per heavy atom. The van der Waals surface area contributed by atoms with Gasteiger partial charge in [-0.15, -0.1) is 0 Å². The summed E-state index contributed by atoms with van der Waals surface area (Å²) < 4.78 is 16.5. The molecule has 0 aromatic carbocycles. The maximum atomic E-state index is 5.52. The highest BCUT2D eigenvalue weighted by Gasteiger charge is 2.20. The summed E-state index contributed by atoms with van der Waals surface area (Å²) in [4.78, 5) is 2.34. The Bertz CT molecular complexity index is 157. The standard InChI is InChI=1S/C11H23NO3/c1-4-13-11(14-5-2)9-12-6-7-15-10(3)8-12/h10-11H,4-9H2,1-3H3. The molecular weight excluding hydrogens is 194 g/mol. The molecule has 1 atom stereocenters. The average molecular weight is 217 g/mol. The van der Waals surface area contributed by atoms with Crippen molar-refractivity contribution in [3.05, 3.63) is 0 Å². The Balaban J connectivity index is 2.28. The molecule has 0 saturated carbocycles. The van der Waals surface area contributed by atoms with Crippen LogP contribution >= 0.6 is 0 Å². The Hall–Kier alpha value is -0.160. The van der Waals surface area contributed by atoms with Crippen LogP contribution in [-0.4, -0.2) is 56.7 Å². The van der Waals surface area contributed by atoms with Crippen LogP contribution in [0.2, 0.25) is 0 Å². The van der Waals surface area contributed by atoms with Crippen molar-refractivity contribution in [3.63, 3.8) is 0 Å². The van der Waals surface area contributed by atoms with Gasteiger partial charge in [-0.2, -0.15) is 0 Å². The van der Waals surface area contributed by atoms with Crippen molar-refractivity contribution in [2.45, 2.75) is 33.2 Å². The number of morpholine rings is 1. The van der Waals surface area contributed by atoms with Crippen LogP contribution in [0.4, 0.5) is 0 Å². The number of hydrogen-bond acceptors (Lipinski definition) is 4. The number of rotatable bonds is 6. The fraction of sp³-hybridized carbons (Fsp3) is 1.00. The minimum Gasteiger partial charge on any atom is -0.376 e. The highest BCUT2D eigenvalue weighted by Crippen LogP contribution is 2.07. The van der Waals surface area contributed by atoms with E-state index in [0.717, 1.165) is 26.2 Å². The zero-order chi connectivity index (χ0) is 11.1. The Kier molecular flexibility index (Phi) is 6.17. The lowest BCUT2D eigenvalue weighted by atomic mass is 10.3. The van der Waals surface area contributed by atoms with Crippen molar-refractivity contribution in [3.8, 4) is 0 Å². The smallest absolute Gasteiger partial charge is 0.170 e. The van der Waals surface area contributed by atoms with E-state index in [1.165, 1.54) is 0 Å². The summed E-state index contributed by atoms with van der Waals surface area (Å²) in [6.45, 7) is 11.1. The molecule has 4 heteroatoms. The second kappa shape index (κ2) is 7.17. The molecule has 1 heterocycles. The number of nitrogens with zero attached hydrogens (tertiary/aromatic N) is 1. The normalized spacial score (nSPS) is 23.6. The molecule has 0 bridgehead atoms. The van der Waals surface area contributed by atoms with Crippen LogP contribution in [0.25, 0.3) is 0 Å². The van der Waals surface area contributed by atoms with Gasteiger partial charge in [0.1, 0.15) is 0 Å². The molecule has 0 radical (unpaired) electrons. The second-order valence-electron chi connectivity index (χ2n) is 3.78. The summed E-state index contributed by atoms with van der Waals surface area (Å²) in [5.41, 5.74) is 0. The summed E-state index contributed by atoms with van der Waals surface area (Å²) in [5.74, 6) is 0. The van der Waals surface area contributed by atoms with Crippen LogP contribution in [0.1, 0.15) is 20.8 Å². The van der Waals surface area contributed by atoms with Crippen LogP contribution in [0, 0.1) is 0 Å². The quantitative estimate of drug-likeness (QED) is 0.624. The molecule has 90 valence electrons. The van der Waals surface area contributed by atoms with Crippen LogP contribution in [0.5, 0.6) is 0 Å². The Morgan fingerprint density at radius 1 is 1.33 bits per heavy atom. The van der Waals surface area contributed by atoms with Crippen LogP contribution < -0.4 is 0 Å². The van der Waals surface area contributed by atoms with Gasteiger partial charge >= 0.3 is 0 Å². The largest absolute Gasteiger partial charge is 0.376 e. The molecule has 1 aliphatic rings. The predicted octanol–water partition coefficient (Wildman–Crippen LogP) is 1.11. The van der Waals surface area contributed by atoms with Crippen molar-refractivity contribution < 1.29 is 14.2 Å². The van der Waals surface area contributed by atoms with Gasteiger partial charge in [-0.3, -0.25) is 4.90 Å². The molecule has 1 rings (SSSR count). The molecular formula is C11H23NO3. The molecule has 0 N–H and O–H groups in total. The SMILES string of the molecule is CCOC(CN1CCOC(C)C1)OCC. The van der Waals surface area contributed by atoms with E-state index in [-0.39, 0.29) is 6.29 Å². The van der Waals surface area contributed by atoms with Gasteiger partial charge in [0.2, 0.25) is 0 Å². The molecule has 15 heavy (non-hydrogen) atoms. The van der Waals surface area contributed by atoms with E-state index >= 15 is 0 Å². The summed E-state index contributed by atoms with van der Waals surface area (Å²) >= 11 is 0. The summed E-state index contributed by atoms with van der Waals surface area (Å²) in [6, 6.07) is 0. The minimum atomic E-state index is -0.0923. The third kappa shape index (κ3) is 4.93. The first kappa shape index (κ1) is 12.9. The van der Waals surface area contributed by atoms with Gasteiger partial charge < -0.3 is 14.2 Å². The third-order valence-corrected chi connectivity index (χ3v) is 2.44. The highest BCUT2D eigenvalue weighted by atomic mass is 16.7. The van der Waals surface area contributed by atoms with Gasteiger partial charge in [-0.1, -0.05) is 0 Å². The summed E-state index contributed by atoms with van der Waals surface area (Å²) in [7, 11) is 0. The Morgan fingerprint density at radius 2 is 2.00 bits per heavy atom. The van der Waals surface area contributed by atoms with Crippen LogP contribution in [-0.2, 0) is 14.2 Å². The fourth-order valence-corrected chi connectivity index (χ4v) is 1.79. The second-order valence-corrected chi connectivity index (χ2v) is 3.78. The molecule has 0 spiro atoms. The molecule has 1 unspecified atom stereocenters. The van der Waals surface area contributed by atoms with E-state index < -0.39 is 0 Å². The lowest BCUT2D eigenvalue weighted by Crippen LogP contribution is -2.45. The van der Waals surface area contributed by atoms with E-state index in [1.807, 2.05) is 13.8 Å². The first-order valence-corrected chi connectivity index (χ1v) is 5.83. The van der Waals surface area contributed by atoms with Gasteiger partial charge in [-0.05, 0) is 20.8 Å². The van der Waals surface area contributed by atoms with Crippen molar-refractivity contribution in [1.29, 1.82) is 0 Å². The molecule has 0 aromatic heterocycles. The average Bonchev–Trinajstić information content (AvgIpc) is 2.18. The molecule has 0 aliphatic carbocycles. The maximum absolute atomic E-state index is 5.52. The summed E-state index contributed by atoms with van der Waals surface area (Å²) in [6.07, 6.45) is 0.230. The zero-order valence-corrected chi connectivity index (χ0v) is 10.1.